The normalized spacial score (nSPS) is 16.5. The molecule has 1 heterocycles. The van der Waals surface area contributed by atoms with Crippen LogP contribution in [0.25, 0.3) is 10.2 Å². The molecular formula is C17H16Cl3N5S2. The second-order valence-corrected chi connectivity index (χ2v) is 8.42. The van der Waals surface area contributed by atoms with Crippen LogP contribution in [0, 0.1) is 0 Å². The molecule has 0 radical (unpaired) electrons. The molecular weight excluding hydrogens is 445 g/mol. The number of benzene rings is 2. The van der Waals surface area contributed by atoms with E-state index in [0.29, 0.717) is 0 Å². The van der Waals surface area contributed by atoms with Crippen LogP contribution in [-0.4, -0.2) is 21.9 Å². The third-order valence-corrected chi connectivity index (χ3v) is 6.57. The molecule has 1 aromatic heterocycles. The summed E-state index contributed by atoms with van der Waals surface area (Å²) in [4.78, 5) is 4.70. The number of thiazole rings is 1. The molecule has 4 N–H and O–H groups in total. The summed E-state index contributed by atoms with van der Waals surface area (Å²) in [6.07, 6.45) is 0.772. The molecule has 0 saturated carbocycles. The summed E-state index contributed by atoms with van der Waals surface area (Å²) in [6.45, 7) is 0. The zero-order chi connectivity index (χ0) is 17.4. The van der Waals surface area contributed by atoms with Crippen LogP contribution >= 0.6 is 59.5 Å². The number of para-hydroxylation sites is 1. The number of fused-ring (bicyclic) bond motifs is 2. The number of guanidine groups is 1. The summed E-state index contributed by atoms with van der Waals surface area (Å²) in [6, 6.07) is 13.9. The number of hydrogen-bond donors (Lipinski definition) is 2. The summed E-state index contributed by atoms with van der Waals surface area (Å²) >= 11 is 9.71. The van der Waals surface area contributed by atoms with Gasteiger partial charge >= 0.3 is 0 Å². The molecule has 5 nitrogen and oxygen atoms in total. The lowest BCUT2D eigenvalue weighted by Crippen LogP contribution is -2.22. The van der Waals surface area contributed by atoms with E-state index in [0.717, 1.165) is 38.1 Å². The highest BCUT2D eigenvalue weighted by atomic mass is 35.5. The smallest absolute Gasteiger partial charge is 0.211 e. The van der Waals surface area contributed by atoms with Gasteiger partial charge in [0.2, 0.25) is 5.96 Å². The first-order valence-corrected chi connectivity index (χ1v) is 9.65. The van der Waals surface area contributed by atoms with Gasteiger partial charge in [-0.3, -0.25) is 0 Å². The van der Waals surface area contributed by atoms with Crippen LogP contribution in [0.5, 0.6) is 0 Å². The summed E-state index contributed by atoms with van der Waals surface area (Å²) in [5, 5.41) is 8.95. The maximum Gasteiger partial charge on any atom is 0.211 e. The second kappa shape index (κ2) is 9.12. The molecule has 1 atom stereocenters. The Morgan fingerprint density at radius 1 is 1.15 bits per heavy atom. The first-order chi connectivity index (χ1) is 12.1. The van der Waals surface area contributed by atoms with Crippen LogP contribution < -0.4 is 11.5 Å². The number of halogens is 3. The minimum Gasteiger partial charge on any atom is -0.369 e. The Labute approximate surface area is 182 Å². The van der Waals surface area contributed by atoms with Crippen LogP contribution in [-0.2, 0) is 6.42 Å². The molecule has 4 rings (SSSR count). The SMILES string of the molecule is Cl.Cl.NC(N)=N/N=C1\c2cccc(Cl)c2CC1Sc1nc2ccccc2s1. The summed E-state index contributed by atoms with van der Waals surface area (Å²) < 4.78 is 2.16. The Morgan fingerprint density at radius 2 is 1.93 bits per heavy atom. The van der Waals surface area contributed by atoms with Crippen molar-refractivity contribution in [1.82, 2.24) is 4.98 Å². The lowest BCUT2D eigenvalue weighted by Gasteiger charge is -2.07. The standard InChI is InChI=1S/C17H14ClN5S2.2ClH/c18-11-5-3-4-9-10(11)8-14(15(9)22-23-16(19)20)25-17-21-12-6-1-2-7-13(12)24-17;;/h1-7,14H,8H2,(H4,19,20,23);2*1H/b22-15+;;. The van der Waals surface area contributed by atoms with Gasteiger partial charge in [0.15, 0.2) is 4.34 Å². The monoisotopic (exact) mass is 459 g/mol. The molecule has 1 aliphatic rings. The fourth-order valence-electron chi connectivity index (χ4n) is 2.81. The number of nitrogens with zero attached hydrogens (tertiary/aromatic N) is 3. The van der Waals surface area contributed by atoms with Crippen LogP contribution in [0.2, 0.25) is 5.02 Å². The van der Waals surface area contributed by atoms with Gasteiger partial charge in [0.1, 0.15) is 0 Å². The van der Waals surface area contributed by atoms with Crippen LogP contribution in [0.4, 0.5) is 0 Å². The van der Waals surface area contributed by atoms with Crippen molar-refractivity contribution in [3.8, 4) is 0 Å². The maximum absolute atomic E-state index is 6.37. The number of rotatable bonds is 3. The van der Waals surface area contributed by atoms with E-state index in [4.69, 9.17) is 28.1 Å². The Hall–Kier alpha value is -1.51. The van der Waals surface area contributed by atoms with E-state index < -0.39 is 0 Å². The van der Waals surface area contributed by atoms with E-state index >= 15 is 0 Å². The van der Waals surface area contributed by atoms with Crippen LogP contribution in [0.15, 0.2) is 57.0 Å². The van der Waals surface area contributed by atoms with Gasteiger partial charge in [-0.2, -0.15) is 5.10 Å². The van der Waals surface area contributed by atoms with Crippen molar-refractivity contribution >= 4 is 81.4 Å². The second-order valence-electron chi connectivity index (χ2n) is 5.53. The largest absolute Gasteiger partial charge is 0.369 e. The van der Waals surface area contributed by atoms with Crippen molar-refractivity contribution in [2.75, 3.05) is 0 Å². The molecule has 0 bridgehead atoms. The van der Waals surface area contributed by atoms with Gasteiger partial charge < -0.3 is 11.5 Å². The summed E-state index contributed by atoms with van der Waals surface area (Å²) in [5.41, 5.74) is 14.8. The third-order valence-electron chi connectivity index (χ3n) is 3.88. The molecule has 2 aromatic carbocycles. The highest BCUT2D eigenvalue weighted by Gasteiger charge is 2.32. The zero-order valence-electron chi connectivity index (χ0n) is 13.8. The minimum atomic E-state index is -0.0632. The van der Waals surface area contributed by atoms with Gasteiger partial charge in [-0.1, -0.05) is 47.6 Å². The predicted molar refractivity (Wildman–Crippen MR) is 121 cm³/mol. The van der Waals surface area contributed by atoms with Gasteiger partial charge in [-0.15, -0.1) is 41.3 Å². The van der Waals surface area contributed by atoms with Gasteiger partial charge in [0, 0.05) is 10.6 Å². The number of thioether (sulfide) groups is 1. The quantitative estimate of drug-likeness (QED) is 0.342. The highest BCUT2D eigenvalue weighted by Crippen LogP contribution is 2.40. The molecule has 1 aliphatic carbocycles. The Morgan fingerprint density at radius 3 is 2.67 bits per heavy atom. The molecule has 0 amide bonds. The van der Waals surface area contributed by atoms with E-state index in [-0.39, 0.29) is 36.0 Å². The molecule has 0 fully saturated rings. The Bertz CT molecular complexity index is 982. The van der Waals surface area contributed by atoms with Gasteiger partial charge in [-0.05, 0) is 30.2 Å². The van der Waals surface area contributed by atoms with Gasteiger partial charge in [0.25, 0.3) is 0 Å². The average Bonchev–Trinajstić information content (AvgIpc) is 3.14. The van der Waals surface area contributed by atoms with Crippen molar-refractivity contribution in [1.29, 1.82) is 0 Å². The van der Waals surface area contributed by atoms with Crippen LogP contribution in [0.1, 0.15) is 11.1 Å². The van der Waals surface area contributed by atoms with Crippen molar-refractivity contribution in [2.45, 2.75) is 16.0 Å². The zero-order valence-corrected chi connectivity index (χ0v) is 17.9. The lowest BCUT2D eigenvalue weighted by atomic mass is 10.1. The molecule has 0 spiro atoms. The summed E-state index contributed by atoms with van der Waals surface area (Å²) in [5.74, 6) is -0.0632. The lowest BCUT2D eigenvalue weighted by molar-refractivity contribution is 1.09. The van der Waals surface area contributed by atoms with Gasteiger partial charge in [-0.25, -0.2) is 4.98 Å². The first kappa shape index (κ1) is 21.8. The topological polar surface area (TPSA) is 89.7 Å². The molecule has 10 heteroatoms. The fourth-order valence-corrected chi connectivity index (χ4v) is 5.50. The van der Waals surface area contributed by atoms with E-state index in [1.54, 1.807) is 23.1 Å². The van der Waals surface area contributed by atoms with E-state index in [1.807, 2.05) is 36.4 Å². The predicted octanol–water partition coefficient (Wildman–Crippen LogP) is 4.49. The minimum absolute atomic E-state index is 0. The van der Waals surface area contributed by atoms with Crippen molar-refractivity contribution in [3.63, 3.8) is 0 Å². The Kier molecular flexibility index (Phi) is 7.36. The molecule has 3 aromatic rings. The molecule has 0 saturated heterocycles. The van der Waals surface area contributed by atoms with E-state index in [2.05, 4.69) is 16.3 Å². The summed E-state index contributed by atoms with van der Waals surface area (Å²) in [7, 11) is 0. The molecule has 27 heavy (non-hydrogen) atoms. The van der Waals surface area contributed by atoms with E-state index in [1.165, 1.54) is 4.70 Å². The average molecular weight is 461 g/mol. The first-order valence-electron chi connectivity index (χ1n) is 7.58. The fraction of sp³-hybridized carbons (Fsp3) is 0.118. The van der Waals surface area contributed by atoms with Crippen LogP contribution in [0.3, 0.4) is 0 Å². The van der Waals surface area contributed by atoms with Crippen molar-refractivity contribution < 1.29 is 0 Å². The molecule has 1 unspecified atom stereocenters. The molecule has 0 aliphatic heterocycles. The number of hydrogen-bond acceptors (Lipinski definition) is 5. The number of aromatic nitrogens is 1. The van der Waals surface area contributed by atoms with Gasteiger partial charge in [0.05, 0.1) is 21.2 Å². The molecule has 142 valence electrons. The van der Waals surface area contributed by atoms with E-state index in [9.17, 15) is 0 Å². The number of nitrogens with two attached hydrogens (primary N) is 2. The van der Waals surface area contributed by atoms with Crippen molar-refractivity contribution in [3.05, 3.63) is 58.6 Å². The third kappa shape index (κ3) is 4.50. The highest BCUT2D eigenvalue weighted by molar-refractivity contribution is 8.02. The van der Waals surface area contributed by atoms with Crippen molar-refractivity contribution in [2.24, 2.45) is 21.7 Å². The Balaban J connectivity index is 0.00000131. The maximum atomic E-state index is 6.37.